The fourth-order valence-corrected chi connectivity index (χ4v) is 9.97. The average molecular weight is 783 g/mol. The molecule has 12 rings (SSSR count). The van der Waals surface area contributed by atoms with E-state index < -0.39 is 0 Å². The molecule has 280 valence electrons. The van der Waals surface area contributed by atoms with Crippen LogP contribution in [0.5, 0.6) is 0 Å². The van der Waals surface area contributed by atoms with Crippen LogP contribution in [-0.2, 0) is 0 Å². The number of rotatable bonds is 6. The molecule has 0 fully saturated rings. The Morgan fingerprint density at radius 1 is 0.333 bits per heavy atom. The van der Waals surface area contributed by atoms with Crippen LogP contribution < -0.4 is 0 Å². The Kier molecular flexibility index (Phi) is 8.00. The van der Waals surface area contributed by atoms with Crippen LogP contribution in [0, 0.1) is 0 Å². The molecule has 0 aliphatic carbocycles. The molecule has 0 bridgehead atoms. The molecule has 3 heterocycles. The van der Waals surface area contributed by atoms with E-state index in [2.05, 4.69) is 193 Å². The first kappa shape index (κ1) is 34.3. The quantitative estimate of drug-likeness (QED) is 0.169. The molecule has 0 spiro atoms. The van der Waals surface area contributed by atoms with Gasteiger partial charge in [0.05, 0.1) is 11.0 Å². The lowest BCUT2D eigenvalue weighted by Crippen LogP contribution is -2.06. The van der Waals surface area contributed by atoms with Gasteiger partial charge in [0.1, 0.15) is 0 Å². The van der Waals surface area contributed by atoms with Gasteiger partial charge in [0, 0.05) is 42.1 Å². The summed E-state index contributed by atoms with van der Waals surface area (Å²) >= 11 is 1.84. The van der Waals surface area contributed by atoms with E-state index in [-0.39, 0.29) is 0 Å². The summed E-state index contributed by atoms with van der Waals surface area (Å²) in [7, 11) is 0. The molecule has 0 N–H and O–H groups in total. The first-order valence-corrected chi connectivity index (χ1v) is 21.0. The van der Waals surface area contributed by atoms with Gasteiger partial charge in [0.15, 0.2) is 11.6 Å². The molecule has 0 amide bonds. The topological polar surface area (TPSA) is 43.6 Å². The van der Waals surface area contributed by atoms with Crippen LogP contribution in [0.2, 0.25) is 0 Å². The minimum absolute atomic E-state index is 0.577. The lowest BCUT2D eigenvalue weighted by atomic mass is 9.91. The van der Waals surface area contributed by atoms with E-state index in [4.69, 9.17) is 15.0 Å². The molecule has 0 saturated heterocycles. The van der Waals surface area contributed by atoms with Crippen molar-refractivity contribution in [3.8, 4) is 62.1 Å². The van der Waals surface area contributed by atoms with E-state index in [1.165, 1.54) is 53.2 Å². The zero-order chi connectivity index (χ0) is 39.6. The van der Waals surface area contributed by atoms with Gasteiger partial charge in [0.2, 0.25) is 5.95 Å². The summed E-state index contributed by atoms with van der Waals surface area (Å²) in [5, 5.41) is 7.35. The van der Waals surface area contributed by atoms with Crippen molar-refractivity contribution >= 4 is 64.1 Å². The van der Waals surface area contributed by atoms with E-state index in [9.17, 15) is 0 Å². The predicted octanol–water partition coefficient (Wildman–Crippen LogP) is 14.8. The number of hydrogen-bond acceptors (Lipinski definition) is 4. The summed E-state index contributed by atoms with van der Waals surface area (Å²) in [4.78, 5) is 15.6. The van der Waals surface area contributed by atoms with Crippen molar-refractivity contribution in [3.05, 3.63) is 206 Å². The molecule has 0 aliphatic rings. The largest absolute Gasteiger partial charge is 0.278 e. The van der Waals surface area contributed by atoms with E-state index in [0.717, 1.165) is 44.1 Å². The third-order valence-electron chi connectivity index (χ3n) is 11.7. The van der Waals surface area contributed by atoms with Crippen LogP contribution in [0.1, 0.15) is 0 Å². The van der Waals surface area contributed by atoms with Gasteiger partial charge >= 0.3 is 0 Å². The van der Waals surface area contributed by atoms with Gasteiger partial charge in [0.25, 0.3) is 0 Å². The first-order valence-electron chi connectivity index (χ1n) is 20.2. The van der Waals surface area contributed by atoms with Gasteiger partial charge < -0.3 is 0 Å². The van der Waals surface area contributed by atoms with Crippen molar-refractivity contribution in [1.29, 1.82) is 0 Å². The Morgan fingerprint density at radius 2 is 0.850 bits per heavy atom. The summed E-state index contributed by atoms with van der Waals surface area (Å²) in [5.74, 6) is 1.82. The van der Waals surface area contributed by atoms with Crippen molar-refractivity contribution in [2.45, 2.75) is 0 Å². The maximum Gasteiger partial charge on any atom is 0.238 e. The minimum atomic E-state index is 0.577. The number of aromatic nitrogens is 4. The average Bonchev–Trinajstić information content (AvgIpc) is 3.87. The number of nitrogens with zero attached hydrogens (tertiary/aromatic N) is 4. The Labute approximate surface area is 350 Å². The second-order valence-corrected chi connectivity index (χ2v) is 16.3. The molecule has 0 atom stereocenters. The number of benzene rings is 9. The highest BCUT2D eigenvalue weighted by molar-refractivity contribution is 7.25. The van der Waals surface area contributed by atoms with Gasteiger partial charge in [-0.2, -0.15) is 9.97 Å². The van der Waals surface area contributed by atoms with Crippen LogP contribution in [0.3, 0.4) is 0 Å². The zero-order valence-electron chi connectivity index (χ0n) is 32.3. The Morgan fingerprint density at radius 3 is 1.58 bits per heavy atom. The van der Waals surface area contributed by atoms with Gasteiger partial charge in [-0.15, -0.1) is 11.3 Å². The van der Waals surface area contributed by atoms with E-state index in [0.29, 0.717) is 17.6 Å². The zero-order valence-corrected chi connectivity index (χ0v) is 33.1. The molecule has 9 aromatic carbocycles. The summed E-state index contributed by atoms with van der Waals surface area (Å²) in [6.45, 7) is 0. The molecule has 4 nitrogen and oxygen atoms in total. The highest BCUT2D eigenvalue weighted by atomic mass is 32.1. The lowest BCUT2D eigenvalue weighted by molar-refractivity contribution is 0.953. The van der Waals surface area contributed by atoms with Gasteiger partial charge in [-0.1, -0.05) is 182 Å². The van der Waals surface area contributed by atoms with Crippen LogP contribution in [0.25, 0.3) is 115 Å². The molecule has 60 heavy (non-hydrogen) atoms. The normalized spacial score (nSPS) is 11.7. The maximum absolute atomic E-state index is 5.29. The Hall–Kier alpha value is -7.73. The SMILES string of the molecule is c1ccc(-c2nc(-c3ccc(-c4cccc5cccc(-c6ccccc6)c45)cc3)nc(-n3c4ccccc4c4ccc(-c5ccc6c(c5)sc5ccccc56)cc43)n2)cc1. The molecule has 0 aliphatic heterocycles. The van der Waals surface area contributed by atoms with E-state index in [1.54, 1.807) is 0 Å². The molecule has 0 unspecified atom stereocenters. The Bertz CT molecular complexity index is 3580. The number of thiophene rings is 1. The molecular weight excluding hydrogens is 749 g/mol. The van der Waals surface area contributed by atoms with Crippen molar-refractivity contribution < 1.29 is 0 Å². The molecular formula is C55H34N4S. The summed E-state index contributed by atoms with van der Waals surface area (Å²) in [6, 6.07) is 73.4. The standard InChI is InChI=1S/C55H34N4S/c1-3-13-35(14-4-1)42-21-11-17-37-18-12-22-43(52(37)42)36-25-27-39(28-26-36)54-56-53(38-15-5-2-6-16-38)57-55(58-54)59-48-23-9-7-19-44(48)45-31-29-40(33-49(45)59)41-30-32-47-46-20-8-10-24-50(46)60-51(47)34-41/h1-34H. The fraction of sp³-hybridized carbons (Fsp3) is 0. The number of fused-ring (bicyclic) bond motifs is 7. The highest BCUT2D eigenvalue weighted by Crippen LogP contribution is 2.40. The molecule has 0 radical (unpaired) electrons. The lowest BCUT2D eigenvalue weighted by Gasteiger charge is -2.14. The van der Waals surface area contributed by atoms with Crippen LogP contribution in [0.4, 0.5) is 0 Å². The second-order valence-electron chi connectivity index (χ2n) is 15.2. The van der Waals surface area contributed by atoms with Crippen molar-refractivity contribution in [2.24, 2.45) is 0 Å². The van der Waals surface area contributed by atoms with Gasteiger partial charge in [-0.05, 0) is 68.4 Å². The molecule has 5 heteroatoms. The molecule has 3 aromatic heterocycles. The van der Waals surface area contributed by atoms with Crippen molar-refractivity contribution in [1.82, 2.24) is 19.5 Å². The first-order chi connectivity index (χ1) is 29.7. The fourth-order valence-electron chi connectivity index (χ4n) is 8.82. The van der Waals surface area contributed by atoms with Crippen molar-refractivity contribution in [3.63, 3.8) is 0 Å². The highest BCUT2D eigenvalue weighted by Gasteiger charge is 2.19. The van der Waals surface area contributed by atoms with Crippen LogP contribution >= 0.6 is 11.3 Å². The molecule has 12 aromatic rings. The Balaban J connectivity index is 1.02. The minimum Gasteiger partial charge on any atom is -0.278 e. The smallest absolute Gasteiger partial charge is 0.238 e. The summed E-state index contributed by atoms with van der Waals surface area (Å²) < 4.78 is 4.80. The van der Waals surface area contributed by atoms with E-state index >= 15 is 0 Å². The third kappa shape index (κ3) is 5.70. The third-order valence-corrected chi connectivity index (χ3v) is 12.8. The number of para-hydroxylation sites is 1. The van der Waals surface area contributed by atoms with Gasteiger partial charge in [-0.3, -0.25) is 4.57 Å². The monoisotopic (exact) mass is 782 g/mol. The van der Waals surface area contributed by atoms with Crippen LogP contribution in [0.15, 0.2) is 206 Å². The summed E-state index contributed by atoms with van der Waals surface area (Å²) in [6.07, 6.45) is 0. The summed E-state index contributed by atoms with van der Waals surface area (Å²) in [5.41, 5.74) is 11.0. The number of hydrogen-bond donors (Lipinski definition) is 0. The van der Waals surface area contributed by atoms with Crippen molar-refractivity contribution in [2.75, 3.05) is 0 Å². The maximum atomic E-state index is 5.29. The second kappa shape index (κ2) is 14.0. The predicted molar refractivity (Wildman–Crippen MR) is 252 cm³/mol. The molecule has 0 saturated carbocycles. The van der Waals surface area contributed by atoms with E-state index in [1.807, 2.05) is 29.5 Å². The van der Waals surface area contributed by atoms with Gasteiger partial charge in [-0.25, -0.2) is 4.98 Å². The van der Waals surface area contributed by atoms with Crippen LogP contribution in [-0.4, -0.2) is 19.5 Å².